The number of carboxylic acid groups (broad SMARTS) is 2. The summed E-state index contributed by atoms with van der Waals surface area (Å²) in [7, 11) is 0. The predicted molar refractivity (Wildman–Crippen MR) is 59.8 cm³/mol. The van der Waals surface area contributed by atoms with Gasteiger partial charge < -0.3 is 15.5 Å². The molecule has 74 valence electrons. The fraction of sp³-hybridized carbons (Fsp3) is 0.667. The van der Waals surface area contributed by atoms with Gasteiger partial charge >= 0.3 is 115 Å². The first-order valence-corrected chi connectivity index (χ1v) is 4.50. The topological polar surface area (TPSA) is 86.6 Å². The fourth-order valence-corrected chi connectivity index (χ4v) is 1.11. The van der Waals surface area contributed by atoms with Crippen molar-refractivity contribution in [1.29, 1.82) is 0 Å². The Labute approximate surface area is 172 Å². The summed E-state index contributed by atoms with van der Waals surface area (Å²) in [6, 6.07) is 0. The molecule has 0 heterocycles. The number of hydrogen-bond acceptors (Lipinski definition) is 4. The van der Waals surface area contributed by atoms with Crippen LogP contribution in [-0.4, -0.2) is 150 Å². The van der Waals surface area contributed by atoms with Gasteiger partial charge in [-0.05, 0) is 0 Å². The zero-order valence-corrected chi connectivity index (χ0v) is 7.26. The van der Waals surface area contributed by atoms with E-state index < -0.39 is 11.9 Å². The molecule has 0 aromatic carbocycles. The third-order valence-corrected chi connectivity index (χ3v) is 1.87. The van der Waals surface area contributed by atoms with Gasteiger partial charge in [0, 0.05) is 12.3 Å². The van der Waals surface area contributed by atoms with E-state index in [4.69, 9.17) is 10.2 Å². The van der Waals surface area contributed by atoms with Crippen LogP contribution in [-0.2, 0) is 9.59 Å². The summed E-state index contributed by atoms with van der Waals surface area (Å²) in [6.45, 7) is 0.442. The molecule has 0 fully saturated rings. The van der Waals surface area contributed by atoms with Crippen molar-refractivity contribution in [2.45, 2.75) is 0 Å². The molecular formula is C6H13K2NO4S. The summed E-state index contributed by atoms with van der Waals surface area (Å²) in [5, 5.41) is 19.1. The Morgan fingerprint density at radius 3 is 2.14 bits per heavy atom. The van der Waals surface area contributed by atoms with Gasteiger partial charge in [0.2, 0.25) is 0 Å². The summed E-state index contributed by atoms with van der Waals surface area (Å²) in [6.07, 6.45) is 0. The Morgan fingerprint density at radius 1 is 1.14 bits per heavy atom. The molecule has 0 aromatic heterocycles. The second-order valence-corrected chi connectivity index (χ2v) is 3.12. The number of rotatable bonds is 7. The molecule has 0 amide bonds. The van der Waals surface area contributed by atoms with Crippen molar-refractivity contribution in [1.82, 2.24) is 5.32 Å². The van der Waals surface area contributed by atoms with Crippen molar-refractivity contribution in [2.75, 3.05) is 24.6 Å². The van der Waals surface area contributed by atoms with Gasteiger partial charge in [-0.1, -0.05) is 0 Å². The minimum atomic E-state index is -0.904. The predicted octanol–water partition coefficient (Wildman–Crippen LogP) is -1.82. The Balaban J connectivity index is -0.000000605. The second-order valence-electron chi connectivity index (χ2n) is 2.02. The molecule has 14 heavy (non-hydrogen) atoms. The number of nitrogens with one attached hydrogen (secondary N) is 1. The quantitative estimate of drug-likeness (QED) is 0.374. The standard InChI is InChI=1S/C6H11NO4S.2K.2H/c8-5(9)3-7-1-2-12-4-6(10)11;;;;/h7H,1-4H2,(H,8,9)(H,10,11);;;;. The second kappa shape index (κ2) is 15.5. The Kier molecular flexibility index (Phi) is 24.1. The van der Waals surface area contributed by atoms with E-state index >= 15 is 0 Å². The van der Waals surface area contributed by atoms with E-state index in [9.17, 15) is 9.59 Å². The van der Waals surface area contributed by atoms with Crippen LogP contribution in [0.2, 0.25) is 0 Å². The summed E-state index contributed by atoms with van der Waals surface area (Å²) in [5.41, 5.74) is 0. The number of carboxylic acids is 2. The van der Waals surface area contributed by atoms with Gasteiger partial charge in [-0.15, -0.1) is 11.8 Å². The van der Waals surface area contributed by atoms with Crippen LogP contribution in [0.3, 0.4) is 0 Å². The fourth-order valence-electron chi connectivity index (χ4n) is 0.499. The van der Waals surface area contributed by atoms with Crippen LogP contribution in [0.4, 0.5) is 0 Å². The minimum absolute atomic E-state index is 0. The van der Waals surface area contributed by atoms with Crippen molar-refractivity contribution < 1.29 is 19.8 Å². The molecule has 5 nitrogen and oxygen atoms in total. The zero-order chi connectivity index (χ0) is 9.40. The SMILES string of the molecule is O=C(O)CNCCSCC(=O)O.[KH].[KH]. The van der Waals surface area contributed by atoms with Crippen LogP contribution in [0, 0.1) is 0 Å². The van der Waals surface area contributed by atoms with Gasteiger partial charge in [-0.25, -0.2) is 0 Å². The van der Waals surface area contributed by atoms with E-state index in [1.165, 1.54) is 11.8 Å². The Bertz CT molecular complexity index is 152. The number of hydrogen-bond donors (Lipinski definition) is 3. The first-order chi connectivity index (χ1) is 5.63. The van der Waals surface area contributed by atoms with Crippen LogP contribution in [0.5, 0.6) is 0 Å². The number of thioether (sulfide) groups is 1. The van der Waals surface area contributed by atoms with E-state index in [1.54, 1.807) is 0 Å². The van der Waals surface area contributed by atoms with E-state index in [0.29, 0.717) is 12.3 Å². The maximum atomic E-state index is 10.0. The molecule has 8 heteroatoms. The average Bonchev–Trinajstić information content (AvgIpc) is 1.95. The van der Waals surface area contributed by atoms with Crippen LogP contribution >= 0.6 is 11.8 Å². The molecule has 0 unspecified atom stereocenters. The van der Waals surface area contributed by atoms with Crippen molar-refractivity contribution in [3.05, 3.63) is 0 Å². The molecular weight excluding hydrogens is 260 g/mol. The van der Waals surface area contributed by atoms with Crippen molar-refractivity contribution in [3.8, 4) is 0 Å². The summed E-state index contributed by atoms with van der Waals surface area (Å²) in [5.74, 6) is -1.08. The van der Waals surface area contributed by atoms with Crippen molar-refractivity contribution >= 4 is 126 Å². The van der Waals surface area contributed by atoms with Gasteiger partial charge in [0.05, 0.1) is 12.3 Å². The molecule has 3 N–H and O–H groups in total. The molecule has 0 aliphatic heterocycles. The molecule has 0 rings (SSSR count). The molecule has 0 spiro atoms. The zero-order valence-electron chi connectivity index (χ0n) is 6.45. The van der Waals surface area contributed by atoms with Crippen LogP contribution < -0.4 is 5.32 Å². The summed E-state index contributed by atoms with van der Waals surface area (Å²) >= 11 is 1.26. The van der Waals surface area contributed by atoms with Gasteiger partial charge in [0.25, 0.3) is 0 Å². The van der Waals surface area contributed by atoms with Crippen molar-refractivity contribution in [3.63, 3.8) is 0 Å². The summed E-state index contributed by atoms with van der Waals surface area (Å²) in [4.78, 5) is 20.0. The van der Waals surface area contributed by atoms with E-state index in [-0.39, 0.29) is 115 Å². The van der Waals surface area contributed by atoms with Gasteiger partial charge in [0.15, 0.2) is 0 Å². The van der Waals surface area contributed by atoms with E-state index in [0.717, 1.165) is 0 Å². The molecule has 0 radical (unpaired) electrons. The first-order valence-electron chi connectivity index (χ1n) is 3.35. The normalized spacial score (nSPS) is 8.29. The van der Waals surface area contributed by atoms with E-state index in [1.807, 2.05) is 0 Å². The maximum absolute atomic E-state index is 10.0. The molecule has 0 atom stereocenters. The van der Waals surface area contributed by atoms with Gasteiger partial charge in [0.1, 0.15) is 0 Å². The van der Waals surface area contributed by atoms with Crippen LogP contribution in [0.25, 0.3) is 0 Å². The molecule has 0 aromatic rings. The Morgan fingerprint density at radius 2 is 1.71 bits per heavy atom. The molecule has 0 aliphatic rings. The third kappa shape index (κ3) is 20.0. The van der Waals surface area contributed by atoms with Crippen LogP contribution in [0.1, 0.15) is 0 Å². The van der Waals surface area contributed by atoms with Crippen LogP contribution in [0.15, 0.2) is 0 Å². The third-order valence-electron chi connectivity index (χ3n) is 0.925. The van der Waals surface area contributed by atoms with Gasteiger partial charge in [-0.3, -0.25) is 9.59 Å². The monoisotopic (exact) mass is 273 g/mol. The van der Waals surface area contributed by atoms with Crippen molar-refractivity contribution in [2.24, 2.45) is 0 Å². The molecule has 0 saturated heterocycles. The molecule has 0 bridgehead atoms. The van der Waals surface area contributed by atoms with Gasteiger partial charge in [-0.2, -0.15) is 0 Å². The molecule has 0 saturated carbocycles. The summed E-state index contributed by atoms with van der Waals surface area (Å²) < 4.78 is 0. The molecule has 0 aliphatic carbocycles. The Hall–Kier alpha value is 2.52. The average molecular weight is 273 g/mol. The van der Waals surface area contributed by atoms with E-state index in [2.05, 4.69) is 5.32 Å². The first kappa shape index (κ1) is 21.8. The number of carbonyl (C=O) groups is 2. The number of aliphatic carboxylic acids is 2.